The first-order chi connectivity index (χ1) is 16.9. The van der Waals surface area contributed by atoms with Gasteiger partial charge in [-0.2, -0.15) is 18.3 Å². The summed E-state index contributed by atoms with van der Waals surface area (Å²) in [5.74, 6) is -0.371. The van der Waals surface area contributed by atoms with Crippen LogP contribution in [0, 0.1) is 6.92 Å². The first kappa shape index (κ1) is 25.5. The number of hydrogen-bond donors (Lipinski definition) is 0. The molecular weight excluding hydrogens is 517 g/mol. The van der Waals surface area contributed by atoms with Gasteiger partial charge in [0.15, 0.2) is 9.84 Å². The van der Waals surface area contributed by atoms with Crippen LogP contribution in [0.4, 0.5) is 13.2 Å². The minimum Gasteiger partial charge on any atom is -0.332 e. The summed E-state index contributed by atoms with van der Waals surface area (Å²) in [6.45, 7) is 2.35. The fraction of sp³-hybridized carbons (Fsp3) is 0.583. The van der Waals surface area contributed by atoms with E-state index in [1.165, 1.54) is 0 Å². The number of alkyl halides is 3. The van der Waals surface area contributed by atoms with E-state index < -0.39 is 40.2 Å². The normalized spacial score (nSPS) is 24.9. The molecule has 1 aromatic carbocycles. The number of aromatic nitrogens is 2. The van der Waals surface area contributed by atoms with Crippen LogP contribution >= 0.6 is 11.6 Å². The van der Waals surface area contributed by atoms with E-state index >= 15 is 0 Å². The van der Waals surface area contributed by atoms with Gasteiger partial charge in [0.25, 0.3) is 0 Å². The van der Waals surface area contributed by atoms with E-state index in [4.69, 9.17) is 11.6 Å². The molecule has 3 aliphatic rings. The molecule has 0 spiro atoms. The Hall–Kier alpha value is -2.11. The summed E-state index contributed by atoms with van der Waals surface area (Å²) in [6, 6.07) is 5.89. The highest BCUT2D eigenvalue weighted by Gasteiger charge is 2.44. The first-order valence-electron chi connectivity index (χ1n) is 12.1. The second kappa shape index (κ2) is 9.33. The minimum absolute atomic E-state index is 0.0212. The maximum atomic E-state index is 13.7. The van der Waals surface area contributed by atoms with Crippen molar-refractivity contribution in [1.29, 1.82) is 0 Å². The van der Waals surface area contributed by atoms with Gasteiger partial charge in [-0.15, -0.1) is 0 Å². The highest BCUT2D eigenvalue weighted by molar-refractivity contribution is 7.91. The second-order valence-electron chi connectivity index (χ2n) is 9.94. The molecule has 0 unspecified atom stereocenters. The standard InChI is InChI=1S/C24H28ClF3N4O3S/c1-15-3-2-4-17(22(15)25)23-19(30-9-11-36(34,35)12-10-30)7-8-31(23)21(33)14-32-20(24(26,27)28)13-18(29-32)16-5-6-16/h2-4,13,16,19,23H,5-12,14H2,1H3/t19-,23-/m0/s1. The number of sulfone groups is 1. The lowest BCUT2D eigenvalue weighted by Crippen LogP contribution is -2.48. The van der Waals surface area contributed by atoms with Crippen LogP contribution in [-0.2, 0) is 27.4 Å². The van der Waals surface area contributed by atoms with Gasteiger partial charge in [-0.1, -0.05) is 29.8 Å². The van der Waals surface area contributed by atoms with E-state index in [0.29, 0.717) is 36.8 Å². The van der Waals surface area contributed by atoms with Crippen molar-refractivity contribution in [3.05, 3.63) is 51.8 Å². The zero-order valence-electron chi connectivity index (χ0n) is 19.8. The number of rotatable bonds is 5. The quantitative estimate of drug-likeness (QED) is 0.572. The van der Waals surface area contributed by atoms with Crippen LogP contribution in [0.3, 0.4) is 0 Å². The second-order valence-corrected chi connectivity index (χ2v) is 12.6. The molecule has 3 fully saturated rings. The van der Waals surface area contributed by atoms with Crippen LogP contribution < -0.4 is 0 Å². The van der Waals surface area contributed by atoms with Crippen molar-refractivity contribution < 1.29 is 26.4 Å². The van der Waals surface area contributed by atoms with Crippen molar-refractivity contribution in [2.24, 2.45) is 0 Å². The summed E-state index contributed by atoms with van der Waals surface area (Å²) in [5, 5.41) is 4.65. The summed E-state index contributed by atoms with van der Waals surface area (Å²) in [4.78, 5) is 17.2. The Morgan fingerprint density at radius 2 is 1.83 bits per heavy atom. The molecule has 12 heteroatoms. The van der Waals surface area contributed by atoms with Gasteiger partial charge >= 0.3 is 6.18 Å². The van der Waals surface area contributed by atoms with Crippen molar-refractivity contribution in [3.63, 3.8) is 0 Å². The number of carbonyl (C=O) groups is 1. The predicted octanol–water partition coefficient (Wildman–Crippen LogP) is 3.81. The molecule has 36 heavy (non-hydrogen) atoms. The zero-order valence-corrected chi connectivity index (χ0v) is 21.4. The van der Waals surface area contributed by atoms with Gasteiger partial charge in [0, 0.05) is 36.6 Å². The van der Waals surface area contributed by atoms with Crippen LogP contribution in [0.2, 0.25) is 5.02 Å². The van der Waals surface area contributed by atoms with Gasteiger partial charge in [-0.05, 0) is 43.4 Å². The van der Waals surface area contributed by atoms with Crippen LogP contribution in [0.15, 0.2) is 24.3 Å². The number of hydrogen-bond acceptors (Lipinski definition) is 5. The fourth-order valence-corrected chi connectivity index (χ4v) is 6.82. The molecule has 2 atom stereocenters. The molecule has 5 rings (SSSR count). The molecule has 2 aliphatic heterocycles. The van der Waals surface area contributed by atoms with Gasteiger partial charge in [0.05, 0.1) is 23.2 Å². The van der Waals surface area contributed by atoms with Crippen molar-refractivity contribution in [2.75, 3.05) is 31.1 Å². The lowest BCUT2D eigenvalue weighted by atomic mass is 9.96. The molecule has 2 saturated heterocycles. The van der Waals surface area contributed by atoms with Gasteiger partial charge in [-0.3, -0.25) is 14.4 Å². The van der Waals surface area contributed by atoms with E-state index in [2.05, 4.69) is 10.00 Å². The summed E-state index contributed by atoms with van der Waals surface area (Å²) in [6.07, 6.45) is -2.45. The highest BCUT2D eigenvalue weighted by Crippen LogP contribution is 2.43. The van der Waals surface area contributed by atoms with Crippen LogP contribution in [0.25, 0.3) is 0 Å². The topological polar surface area (TPSA) is 75.5 Å². The van der Waals surface area contributed by atoms with E-state index in [9.17, 15) is 26.4 Å². The summed E-state index contributed by atoms with van der Waals surface area (Å²) in [5.41, 5.74) is 1.01. The Morgan fingerprint density at radius 1 is 1.14 bits per heavy atom. The fourth-order valence-electron chi connectivity index (χ4n) is 5.35. The summed E-state index contributed by atoms with van der Waals surface area (Å²) >= 11 is 6.66. The Bertz CT molecular complexity index is 1260. The predicted molar refractivity (Wildman–Crippen MR) is 128 cm³/mol. The molecule has 196 valence electrons. The Kier molecular flexibility index (Phi) is 6.61. The van der Waals surface area contributed by atoms with Crippen LogP contribution in [0.5, 0.6) is 0 Å². The average molecular weight is 545 g/mol. The number of amides is 1. The number of aryl methyl sites for hydroxylation is 1. The van der Waals surface area contributed by atoms with Crippen molar-refractivity contribution in [3.8, 4) is 0 Å². The van der Waals surface area contributed by atoms with Gasteiger partial charge < -0.3 is 4.90 Å². The third kappa shape index (κ3) is 5.02. The largest absolute Gasteiger partial charge is 0.433 e. The molecule has 0 N–H and O–H groups in total. The third-order valence-electron chi connectivity index (χ3n) is 7.44. The summed E-state index contributed by atoms with van der Waals surface area (Å²) in [7, 11) is -3.10. The molecule has 1 aromatic heterocycles. The molecule has 1 aliphatic carbocycles. The maximum absolute atomic E-state index is 13.7. The van der Waals surface area contributed by atoms with E-state index in [0.717, 1.165) is 34.7 Å². The smallest absolute Gasteiger partial charge is 0.332 e. The lowest BCUT2D eigenvalue weighted by Gasteiger charge is -2.38. The number of likely N-dealkylation sites (tertiary alicyclic amines) is 1. The Morgan fingerprint density at radius 3 is 2.47 bits per heavy atom. The molecule has 2 aromatic rings. The minimum atomic E-state index is -4.62. The molecule has 1 saturated carbocycles. The molecule has 0 bridgehead atoms. The Balaban J connectivity index is 1.45. The van der Waals surface area contributed by atoms with Crippen LogP contribution in [-0.4, -0.2) is 71.1 Å². The molecule has 1 amide bonds. The van der Waals surface area contributed by atoms with Gasteiger partial charge in [0.2, 0.25) is 5.91 Å². The van der Waals surface area contributed by atoms with Crippen molar-refractivity contribution in [2.45, 2.75) is 56.9 Å². The first-order valence-corrected chi connectivity index (χ1v) is 14.3. The van der Waals surface area contributed by atoms with E-state index in [-0.39, 0.29) is 23.5 Å². The lowest BCUT2D eigenvalue weighted by molar-refractivity contribution is -0.146. The zero-order chi connectivity index (χ0) is 25.8. The van der Waals surface area contributed by atoms with Gasteiger partial charge in [0.1, 0.15) is 12.2 Å². The molecule has 7 nitrogen and oxygen atoms in total. The molecular formula is C24H28ClF3N4O3S. The van der Waals surface area contributed by atoms with Crippen molar-refractivity contribution in [1.82, 2.24) is 19.6 Å². The number of halogens is 4. The number of nitrogens with zero attached hydrogens (tertiary/aromatic N) is 4. The number of benzene rings is 1. The van der Waals surface area contributed by atoms with Crippen molar-refractivity contribution >= 4 is 27.3 Å². The van der Waals surface area contributed by atoms with Gasteiger partial charge in [-0.25, -0.2) is 8.42 Å². The van der Waals surface area contributed by atoms with E-state index in [1.807, 2.05) is 25.1 Å². The average Bonchev–Trinajstić information content (AvgIpc) is 3.41. The molecule has 3 heterocycles. The van der Waals surface area contributed by atoms with Crippen LogP contribution in [0.1, 0.15) is 53.7 Å². The maximum Gasteiger partial charge on any atom is 0.433 e. The summed E-state index contributed by atoms with van der Waals surface area (Å²) < 4.78 is 65.9. The number of carbonyl (C=O) groups excluding carboxylic acids is 1. The molecule has 0 radical (unpaired) electrons. The monoisotopic (exact) mass is 544 g/mol. The SMILES string of the molecule is Cc1cccc([C@H]2[C@@H](N3CCS(=O)(=O)CC3)CCN2C(=O)Cn2nc(C3CC3)cc2C(F)(F)F)c1Cl. The van der Waals surface area contributed by atoms with E-state index in [1.54, 1.807) is 4.90 Å². The highest BCUT2D eigenvalue weighted by atomic mass is 35.5. The Labute approximate surface area is 213 Å². The third-order valence-corrected chi connectivity index (χ3v) is 9.57.